The van der Waals surface area contributed by atoms with Crippen LogP contribution in [-0.2, 0) is 28.6 Å². The molecule has 1 aliphatic carbocycles. The predicted molar refractivity (Wildman–Crippen MR) is 191 cm³/mol. The number of imidazole rings is 1. The Balaban J connectivity index is 1.15. The summed E-state index contributed by atoms with van der Waals surface area (Å²) in [5, 5.41) is 19.0. The summed E-state index contributed by atoms with van der Waals surface area (Å²) >= 11 is 12.2. The monoisotopic (exact) mass is 739 g/mol. The van der Waals surface area contributed by atoms with Gasteiger partial charge in [-0.05, 0) is 69.5 Å². The Morgan fingerprint density at radius 2 is 1.77 bits per heavy atom. The van der Waals surface area contributed by atoms with E-state index in [1.165, 1.54) is 27.8 Å². The predicted octanol–water partition coefficient (Wildman–Crippen LogP) is 6.08. The molecule has 0 bridgehead atoms. The quantitative estimate of drug-likeness (QED) is 0.174. The van der Waals surface area contributed by atoms with Gasteiger partial charge >= 0.3 is 0 Å². The summed E-state index contributed by atoms with van der Waals surface area (Å²) in [6.07, 6.45) is 5.92. The molecule has 2 aromatic carbocycles. The van der Waals surface area contributed by atoms with Crippen LogP contribution >= 0.6 is 23.2 Å². The highest BCUT2D eigenvalue weighted by Crippen LogP contribution is 2.45. The highest BCUT2D eigenvalue weighted by Gasteiger charge is 2.54. The summed E-state index contributed by atoms with van der Waals surface area (Å²) < 4.78 is 17.7. The summed E-state index contributed by atoms with van der Waals surface area (Å²) in [6.45, 7) is 5.41. The van der Waals surface area contributed by atoms with Crippen molar-refractivity contribution < 1.29 is 18.8 Å². The van der Waals surface area contributed by atoms with Crippen LogP contribution in [0.1, 0.15) is 65.7 Å². The van der Waals surface area contributed by atoms with Crippen LogP contribution in [0.15, 0.2) is 67.1 Å². The maximum absolute atomic E-state index is 14.4. The molecule has 7 rings (SSSR count). The number of pyridine rings is 1. The minimum Gasteiger partial charge on any atom is -0.346 e. The third kappa shape index (κ3) is 5.97. The van der Waals surface area contributed by atoms with Gasteiger partial charge in [-0.1, -0.05) is 41.4 Å². The van der Waals surface area contributed by atoms with Crippen molar-refractivity contribution in [3.8, 4) is 17.2 Å². The summed E-state index contributed by atoms with van der Waals surface area (Å²) in [5.41, 5.74) is 2.16. The number of aromatic nitrogens is 5. The van der Waals surface area contributed by atoms with E-state index in [0.717, 1.165) is 16.8 Å². The molecule has 4 heterocycles. The van der Waals surface area contributed by atoms with Gasteiger partial charge in [0, 0.05) is 37.0 Å². The molecule has 3 aromatic heterocycles. The number of carbonyl (C=O) groups is 3. The molecule has 15 heteroatoms. The van der Waals surface area contributed by atoms with Crippen LogP contribution in [0.3, 0.4) is 0 Å². The Hall–Kier alpha value is -5.58. The second kappa shape index (κ2) is 12.9. The molecule has 12 nitrogen and oxygen atoms in total. The number of amides is 3. The van der Waals surface area contributed by atoms with Gasteiger partial charge in [0.25, 0.3) is 11.8 Å². The lowest BCUT2D eigenvalue weighted by Gasteiger charge is -2.27. The first-order chi connectivity index (χ1) is 24.7. The number of fused-ring (bicyclic) bond motifs is 1. The molecule has 2 N–H and O–H groups in total. The van der Waals surface area contributed by atoms with Crippen molar-refractivity contribution in [1.82, 2.24) is 34.9 Å². The van der Waals surface area contributed by atoms with Gasteiger partial charge in [-0.3, -0.25) is 28.6 Å². The fraction of sp³-hybridized carbons (Fsp3) is 0.270. The summed E-state index contributed by atoms with van der Waals surface area (Å²) in [7, 11) is 1.85. The van der Waals surface area contributed by atoms with Gasteiger partial charge in [-0.2, -0.15) is 10.4 Å². The van der Waals surface area contributed by atoms with E-state index < -0.39 is 34.8 Å². The van der Waals surface area contributed by atoms with E-state index >= 15 is 0 Å². The second-order valence-electron chi connectivity index (χ2n) is 13.4. The molecule has 0 saturated heterocycles. The number of hydrogen-bond acceptors (Lipinski definition) is 7. The number of nitrogens with zero attached hydrogens (tertiary/aromatic N) is 7. The molecular weight excluding hydrogens is 708 g/mol. The van der Waals surface area contributed by atoms with Crippen molar-refractivity contribution in [2.24, 2.45) is 7.05 Å². The number of carbonyl (C=O) groups excluding carboxylic acids is 3. The Morgan fingerprint density at radius 1 is 1.08 bits per heavy atom. The first-order valence-corrected chi connectivity index (χ1v) is 17.2. The molecular formula is C37H32Cl2FN9O3. The normalized spacial score (nSPS) is 17.7. The summed E-state index contributed by atoms with van der Waals surface area (Å²) in [5.74, 6) is -2.19. The van der Waals surface area contributed by atoms with Crippen molar-refractivity contribution in [3.63, 3.8) is 0 Å². The molecule has 0 unspecified atom stereocenters. The zero-order chi connectivity index (χ0) is 37.1. The van der Waals surface area contributed by atoms with Crippen LogP contribution in [0, 0.1) is 24.1 Å². The molecule has 1 fully saturated rings. The number of anilines is 2. The first-order valence-electron chi connectivity index (χ1n) is 16.4. The number of halogens is 3. The third-order valence-electron chi connectivity index (χ3n) is 9.63. The maximum atomic E-state index is 14.4. The van der Waals surface area contributed by atoms with Crippen molar-refractivity contribution >= 4 is 52.6 Å². The maximum Gasteiger partial charge on any atom is 0.270 e. The molecule has 2 aliphatic rings. The van der Waals surface area contributed by atoms with E-state index in [1.807, 2.05) is 39.2 Å². The zero-order valence-electron chi connectivity index (χ0n) is 28.5. The molecule has 0 radical (unpaired) electrons. The second-order valence-corrected chi connectivity index (χ2v) is 14.2. The highest BCUT2D eigenvalue weighted by atomic mass is 35.5. The molecule has 1 aliphatic heterocycles. The topological polar surface area (TPSA) is 151 Å². The molecule has 0 spiro atoms. The Kier molecular flexibility index (Phi) is 8.63. The molecule has 2 atom stereocenters. The van der Waals surface area contributed by atoms with E-state index in [0.29, 0.717) is 29.7 Å². The number of rotatable bonds is 9. The largest absolute Gasteiger partial charge is 0.346 e. The lowest BCUT2D eigenvalue weighted by atomic mass is 9.91. The number of nitrogens with one attached hydrogen (secondary N) is 2. The number of nitriles is 1. The molecule has 264 valence electrons. The number of hydrogen-bond donors (Lipinski definition) is 2. The smallest absolute Gasteiger partial charge is 0.270 e. The zero-order valence-corrected chi connectivity index (χ0v) is 30.1. The van der Waals surface area contributed by atoms with Gasteiger partial charge in [0.05, 0.1) is 51.0 Å². The van der Waals surface area contributed by atoms with Crippen molar-refractivity contribution in [1.29, 1.82) is 5.26 Å². The van der Waals surface area contributed by atoms with E-state index in [9.17, 15) is 24.0 Å². The van der Waals surface area contributed by atoms with Gasteiger partial charge in [0.15, 0.2) is 5.82 Å². The standard InChI is InChI=1S/C37H32Cl2FN9O3/c1-20-26(19-47(4)46-20)24-9-10-29(42-17-24)21(2)44-33(51)37(11-12-37)45-32(50)30-18-43-35-48(25-13-27(38)31(40)28(39)14-25)34(52)36(3,49(30)35)15-22-5-7-23(16-41)8-6-22/h5-10,13-14,17-19,21H,11-12,15H2,1-4H3,(H,44,51)(H,45,50)/t21-,36-/m1/s1. The van der Waals surface area contributed by atoms with Crippen LogP contribution < -0.4 is 15.5 Å². The van der Waals surface area contributed by atoms with Gasteiger partial charge < -0.3 is 10.6 Å². The summed E-state index contributed by atoms with van der Waals surface area (Å²) in [4.78, 5) is 52.4. The van der Waals surface area contributed by atoms with Crippen molar-refractivity contribution in [2.75, 3.05) is 4.90 Å². The highest BCUT2D eigenvalue weighted by molar-refractivity contribution is 6.35. The average Bonchev–Trinajstić information content (AvgIpc) is 3.54. The summed E-state index contributed by atoms with van der Waals surface area (Å²) in [6, 6.07) is 14.7. The van der Waals surface area contributed by atoms with Crippen LogP contribution in [0.25, 0.3) is 11.1 Å². The van der Waals surface area contributed by atoms with Crippen LogP contribution in [-0.4, -0.2) is 47.6 Å². The molecule has 3 amide bonds. The van der Waals surface area contributed by atoms with E-state index in [4.69, 9.17) is 23.2 Å². The van der Waals surface area contributed by atoms with Crippen molar-refractivity contribution in [3.05, 3.63) is 111 Å². The van der Waals surface area contributed by atoms with Crippen LogP contribution in [0.4, 0.5) is 16.0 Å². The Bertz CT molecular complexity index is 2290. The molecule has 1 saturated carbocycles. The Labute approximate surface area is 308 Å². The van der Waals surface area contributed by atoms with Gasteiger partial charge in [-0.25, -0.2) is 14.3 Å². The molecule has 5 aromatic rings. The van der Waals surface area contributed by atoms with Crippen LogP contribution in [0.5, 0.6) is 0 Å². The fourth-order valence-corrected chi connectivity index (χ4v) is 7.13. The Morgan fingerprint density at radius 3 is 2.35 bits per heavy atom. The average molecular weight is 741 g/mol. The van der Waals surface area contributed by atoms with E-state index in [-0.39, 0.29) is 39.7 Å². The van der Waals surface area contributed by atoms with Gasteiger partial charge in [-0.15, -0.1) is 0 Å². The first kappa shape index (κ1) is 34.9. The SMILES string of the molecule is Cc1nn(C)cc1-c1ccc([C@@H](C)NC(=O)C2(NC(=O)c3cnc4n3[C@](C)(Cc3ccc(C#N)cc3)C(=O)N4c3cc(Cl)c(F)c(Cl)c3)CC2)nc1. The van der Waals surface area contributed by atoms with E-state index in [2.05, 4.69) is 31.8 Å². The lowest BCUT2D eigenvalue weighted by Crippen LogP contribution is -2.50. The minimum atomic E-state index is -1.42. The minimum absolute atomic E-state index is 0.0383. The third-order valence-corrected chi connectivity index (χ3v) is 10.2. The van der Waals surface area contributed by atoms with Crippen LogP contribution in [0.2, 0.25) is 10.0 Å². The van der Waals surface area contributed by atoms with Gasteiger partial charge in [0.1, 0.15) is 16.8 Å². The molecule has 52 heavy (non-hydrogen) atoms. The number of benzene rings is 2. The van der Waals surface area contributed by atoms with E-state index in [1.54, 1.807) is 42.1 Å². The van der Waals surface area contributed by atoms with Crippen molar-refractivity contribution in [2.45, 2.75) is 57.2 Å². The number of aryl methyl sites for hydroxylation is 2. The lowest BCUT2D eigenvalue weighted by molar-refractivity contribution is -0.125. The fourth-order valence-electron chi connectivity index (χ4n) is 6.65. The van der Waals surface area contributed by atoms with Gasteiger partial charge in [0.2, 0.25) is 11.9 Å².